The van der Waals surface area contributed by atoms with Gasteiger partial charge in [0, 0.05) is 12.6 Å². The Morgan fingerprint density at radius 3 is 2.08 bits per heavy atom. The number of likely N-dealkylation sites (N-methyl/N-ethyl adjacent to an activating group) is 1. The van der Waals surface area contributed by atoms with Gasteiger partial charge in [0.25, 0.3) is 0 Å². The van der Waals surface area contributed by atoms with Crippen LogP contribution in [0.3, 0.4) is 0 Å². The molecule has 3 nitrogen and oxygen atoms in total. The zero-order valence-electron chi connectivity index (χ0n) is 7.54. The van der Waals surface area contributed by atoms with Gasteiger partial charge >= 0.3 is 5.97 Å². The Balaban J connectivity index is -0.000000220. The van der Waals surface area contributed by atoms with Gasteiger partial charge in [-0.1, -0.05) is 6.08 Å². The zero-order valence-corrected chi connectivity index (χ0v) is 9.86. The van der Waals surface area contributed by atoms with Gasteiger partial charge in [0.05, 0.1) is 5.34 Å². The molecular weight excluding hydrogens is 236 g/mol. The van der Waals surface area contributed by atoms with Crippen LogP contribution in [0.25, 0.3) is 0 Å². The van der Waals surface area contributed by atoms with Gasteiger partial charge < -0.3 is 10.0 Å². The first-order valence-corrected chi connectivity index (χ1v) is 4.27. The fourth-order valence-corrected chi connectivity index (χ4v) is 0.364. The molecule has 0 aromatic heterocycles. The second-order valence-corrected chi connectivity index (χ2v) is 2.91. The summed E-state index contributed by atoms with van der Waals surface area (Å²) < 4.78 is 0. The Morgan fingerprint density at radius 1 is 1.46 bits per heavy atom. The largest absolute Gasteiger partial charge is 0.478 e. The van der Waals surface area contributed by atoms with E-state index in [1.165, 1.54) is 0 Å². The first kappa shape index (κ1) is 18.8. The third-order valence-electron chi connectivity index (χ3n) is 0.731. The monoisotopic (exact) mass is 249 g/mol. The third kappa shape index (κ3) is 33.3. The van der Waals surface area contributed by atoms with E-state index in [0.29, 0.717) is 6.54 Å². The second-order valence-electron chi connectivity index (χ2n) is 2.10. The van der Waals surface area contributed by atoms with Crippen LogP contribution in [0.1, 0.15) is 0 Å². The second kappa shape index (κ2) is 14.6. The van der Waals surface area contributed by atoms with E-state index >= 15 is 0 Å². The van der Waals surface area contributed by atoms with E-state index in [-0.39, 0.29) is 17.7 Å². The Morgan fingerprint density at radius 2 is 1.85 bits per heavy atom. The summed E-state index contributed by atoms with van der Waals surface area (Å²) in [5.41, 5.74) is 0. The summed E-state index contributed by atoms with van der Waals surface area (Å²) in [5.74, 6) is -0.892. The van der Waals surface area contributed by atoms with Crippen molar-refractivity contribution in [3.05, 3.63) is 12.2 Å². The first-order valence-electron chi connectivity index (χ1n) is 3.20. The minimum atomic E-state index is -0.892. The summed E-state index contributed by atoms with van der Waals surface area (Å²) in [6, 6.07) is 0. The number of nitrogens with zero attached hydrogens (tertiary/aromatic N) is 1. The van der Waals surface area contributed by atoms with E-state index in [2.05, 4.69) is 0 Å². The van der Waals surface area contributed by atoms with Crippen molar-refractivity contribution >= 4 is 41.6 Å². The van der Waals surface area contributed by atoms with Gasteiger partial charge in [-0.2, -0.15) is 0 Å². The van der Waals surface area contributed by atoms with E-state index in [4.69, 9.17) is 28.3 Å². The molecule has 0 aromatic carbocycles. The SMILES string of the molecule is CN(C)C/C=C/C(=O)O.Cl.ClCCl. The van der Waals surface area contributed by atoms with Crippen LogP contribution < -0.4 is 0 Å². The highest BCUT2D eigenvalue weighted by atomic mass is 35.5. The summed E-state index contributed by atoms with van der Waals surface area (Å²) in [5, 5.41) is 8.32. The molecule has 0 amide bonds. The number of carboxylic acids is 1. The molecule has 0 bridgehead atoms. The molecule has 13 heavy (non-hydrogen) atoms. The number of carbonyl (C=O) groups is 1. The fraction of sp³-hybridized carbons (Fsp3) is 0.571. The Hall–Kier alpha value is 0.0400. The predicted octanol–water partition coefficient (Wildman–Crippen LogP) is 2.03. The van der Waals surface area contributed by atoms with E-state index in [9.17, 15) is 4.79 Å². The molecular formula is C7H14Cl3NO2. The number of hydrogen-bond donors (Lipinski definition) is 1. The number of halogens is 3. The molecule has 0 radical (unpaired) electrons. The Kier molecular flexibility index (Phi) is 21.0. The molecule has 80 valence electrons. The molecule has 0 rings (SSSR count). The quantitative estimate of drug-likeness (QED) is 0.615. The van der Waals surface area contributed by atoms with Crippen LogP contribution in [0.4, 0.5) is 0 Å². The van der Waals surface area contributed by atoms with E-state index in [0.717, 1.165) is 6.08 Å². The van der Waals surface area contributed by atoms with Crippen molar-refractivity contribution < 1.29 is 9.90 Å². The summed E-state index contributed by atoms with van der Waals surface area (Å²) in [4.78, 5) is 11.8. The lowest BCUT2D eigenvalue weighted by molar-refractivity contribution is -0.131. The van der Waals surface area contributed by atoms with Crippen LogP contribution in [-0.4, -0.2) is 42.0 Å². The molecule has 0 aromatic rings. The summed E-state index contributed by atoms with van der Waals surface area (Å²) in [6.45, 7) is 0.673. The van der Waals surface area contributed by atoms with Gasteiger partial charge in [0.15, 0.2) is 0 Å². The van der Waals surface area contributed by atoms with Gasteiger partial charge in [-0.15, -0.1) is 35.6 Å². The summed E-state index contributed by atoms with van der Waals surface area (Å²) >= 11 is 9.53. The smallest absolute Gasteiger partial charge is 0.328 e. The van der Waals surface area contributed by atoms with Crippen molar-refractivity contribution in [1.29, 1.82) is 0 Å². The zero-order chi connectivity index (χ0) is 9.98. The van der Waals surface area contributed by atoms with Crippen molar-refractivity contribution in [3.8, 4) is 0 Å². The highest BCUT2D eigenvalue weighted by Crippen LogP contribution is 1.76. The fourth-order valence-electron chi connectivity index (χ4n) is 0.364. The predicted molar refractivity (Wildman–Crippen MR) is 59.2 cm³/mol. The van der Waals surface area contributed by atoms with Gasteiger partial charge in [-0.05, 0) is 14.1 Å². The lowest BCUT2D eigenvalue weighted by Crippen LogP contribution is -2.10. The van der Waals surface area contributed by atoms with Crippen LogP contribution in [0.2, 0.25) is 0 Å². The van der Waals surface area contributed by atoms with Gasteiger partial charge in [0.2, 0.25) is 0 Å². The van der Waals surface area contributed by atoms with Gasteiger partial charge in [0.1, 0.15) is 0 Å². The molecule has 0 spiro atoms. The first-order chi connectivity index (χ1) is 5.54. The molecule has 0 heterocycles. The van der Waals surface area contributed by atoms with E-state index in [1.807, 2.05) is 19.0 Å². The van der Waals surface area contributed by atoms with Crippen LogP contribution in [0.15, 0.2) is 12.2 Å². The normalized spacial score (nSPS) is 9.00. The standard InChI is InChI=1S/C6H11NO2.CH2Cl2.ClH/c1-7(2)5-3-4-6(8)9;2-1-3;/h3-4H,5H2,1-2H3,(H,8,9);1H2;1H/b4-3+;;. The average Bonchev–Trinajstić information content (AvgIpc) is 1.87. The Labute approximate surface area is 94.7 Å². The van der Waals surface area contributed by atoms with Crippen LogP contribution in [-0.2, 0) is 4.79 Å². The number of carboxylic acid groups (broad SMARTS) is 1. The lowest BCUT2D eigenvalue weighted by atomic mass is 10.5. The van der Waals surface area contributed by atoms with E-state index < -0.39 is 5.97 Å². The van der Waals surface area contributed by atoms with Crippen LogP contribution in [0, 0.1) is 0 Å². The van der Waals surface area contributed by atoms with Gasteiger partial charge in [-0.25, -0.2) is 4.79 Å². The summed E-state index contributed by atoms with van der Waals surface area (Å²) in [7, 11) is 3.76. The summed E-state index contributed by atoms with van der Waals surface area (Å²) in [6.07, 6.45) is 2.74. The molecule has 0 saturated heterocycles. The Bertz CT molecular complexity index is 140. The van der Waals surface area contributed by atoms with Crippen molar-refractivity contribution in [2.75, 3.05) is 26.0 Å². The number of alkyl halides is 2. The topological polar surface area (TPSA) is 40.5 Å². The highest BCUT2D eigenvalue weighted by molar-refractivity contribution is 6.40. The third-order valence-corrected chi connectivity index (χ3v) is 0.731. The van der Waals surface area contributed by atoms with Gasteiger partial charge in [-0.3, -0.25) is 0 Å². The highest BCUT2D eigenvalue weighted by Gasteiger charge is 1.85. The maximum Gasteiger partial charge on any atom is 0.328 e. The maximum atomic E-state index is 9.88. The van der Waals surface area contributed by atoms with Crippen molar-refractivity contribution in [2.45, 2.75) is 0 Å². The number of hydrogen-bond acceptors (Lipinski definition) is 2. The van der Waals surface area contributed by atoms with Crippen LogP contribution in [0.5, 0.6) is 0 Å². The molecule has 6 heteroatoms. The molecule has 0 aliphatic carbocycles. The van der Waals surface area contributed by atoms with E-state index in [1.54, 1.807) is 6.08 Å². The van der Waals surface area contributed by atoms with Crippen molar-refractivity contribution in [1.82, 2.24) is 4.90 Å². The lowest BCUT2D eigenvalue weighted by Gasteiger charge is -2.02. The molecule has 0 aliphatic rings. The van der Waals surface area contributed by atoms with Crippen LogP contribution >= 0.6 is 35.6 Å². The van der Waals surface area contributed by atoms with Crippen molar-refractivity contribution in [2.24, 2.45) is 0 Å². The molecule has 0 atom stereocenters. The number of rotatable bonds is 3. The molecule has 1 N–H and O–H groups in total. The molecule has 0 aliphatic heterocycles. The number of aliphatic carboxylic acids is 1. The van der Waals surface area contributed by atoms with Crippen molar-refractivity contribution in [3.63, 3.8) is 0 Å². The maximum absolute atomic E-state index is 9.88. The minimum absolute atomic E-state index is 0. The molecule has 0 fully saturated rings. The minimum Gasteiger partial charge on any atom is -0.478 e. The molecule has 0 saturated carbocycles. The average molecular weight is 251 g/mol. The molecule has 0 unspecified atom stereocenters.